The molecule has 1 aliphatic heterocycles. The lowest BCUT2D eigenvalue weighted by atomic mass is 9.77. The molecule has 0 bridgehead atoms. The fraction of sp³-hybridized carbons (Fsp3) is 0.450. The zero-order chi connectivity index (χ0) is 20.6. The molecule has 0 radical (unpaired) electrons. The molecular weight excluding hydrogens is 390 g/mol. The van der Waals surface area contributed by atoms with Gasteiger partial charge in [-0.25, -0.2) is 14.8 Å². The Labute approximate surface area is 172 Å². The summed E-state index contributed by atoms with van der Waals surface area (Å²) in [6.07, 6.45) is 2.96. The number of imide groups is 1. The number of nitrogens with one attached hydrogen (secondary N) is 2. The van der Waals surface area contributed by atoms with Gasteiger partial charge in [0.25, 0.3) is 5.91 Å². The number of benzene rings is 1. The highest BCUT2D eigenvalue weighted by atomic mass is 32.2. The number of aryl methyl sites for hydroxylation is 1. The molecule has 2 aromatic rings. The summed E-state index contributed by atoms with van der Waals surface area (Å²) in [6.45, 7) is 3.94. The number of carbonyl (C=O) groups excluding carboxylic acids is 3. The number of hydrazine groups is 1. The molecule has 2 fully saturated rings. The first-order chi connectivity index (χ1) is 13.9. The largest absolute Gasteiger partial charge is 0.344 e. The lowest BCUT2D eigenvalue weighted by Crippen LogP contribution is -2.51. The highest BCUT2D eigenvalue weighted by Crippen LogP contribution is 2.35. The third kappa shape index (κ3) is 3.78. The van der Waals surface area contributed by atoms with Gasteiger partial charge in [0.05, 0.1) is 11.3 Å². The van der Waals surface area contributed by atoms with Gasteiger partial charge >= 0.3 is 6.03 Å². The average Bonchev–Trinajstić information content (AvgIpc) is 2.92. The SMILES string of the molecule is Cc1nc(SCC(=O)NN2C(=O)NC3(CCC(C)CC3)C2=O)c2ccccc2n1. The van der Waals surface area contributed by atoms with Gasteiger partial charge in [0.1, 0.15) is 16.4 Å². The summed E-state index contributed by atoms with van der Waals surface area (Å²) in [7, 11) is 0. The van der Waals surface area contributed by atoms with Gasteiger partial charge in [-0.1, -0.05) is 36.9 Å². The van der Waals surface area contributed by atoms with Crippen molar-refractivity contribution in [2.75, 3.05) is 5.75 Å². The minimum absolute atomic E-state index is 0.0293. The van der Waals surface area contributed by atoms with Crippen LogP contribution in [-0.4, -0.2) is 44.1 Å². The average molecular weight is 414 g/mol. The molecule has 1 spiro atoms. The Morgan fingerprint density at radius 2 is 2.00 bits per heavy atom. The standard InChI is InChI=1S/C20H23N5O3S/c1-12-7-9-20(10-8-12)18(27)25(19(28)23-20)24-16(26)11-29-17-14-5-3-4-6-15(14)21-13(2)22-17/h3-6,12H,7-11H2,1-2H3,(H,23,28)(H,24,26). The smallest absolute Gasteiger partial charge is 0.322 e. The molecule has 1 aliphatic carbocycles. The maximum atomic E-state index is 12.8. The summed E-state index contributed by atoms with van der Waals surface area (Å²) >= 11 is 1.25. The van der Waals surface area contributed by atoms with E-state index in [2.05, 4.69) is 27.6 Å². The molecule has 2 aliphatic rings. The molecule has 1 aromatic carbocycles. The summed E-state index contributed by atoms with van der Waals surface area (Å²) in [5, 5.41) is 5.19. The van der Waals surface area contributed by atoms with Gasteiger partial charge in [0.2, 0.25) is 5.91 Å². The minimum Gasteiger partial charge on any atom is -0.322 e. The van der Waals surface area contributed by atoms with Gasteiger partial charge in [0.15, 0.2) is 0 Å². The van der Waals surface area contributed by atoms with E-state index in [1.54, 1.807) is 6.92 Å². The van der Waals surface area contributed by atoms with Gasteiger partial charge in [-0.2, -0.15) is 5.01 Å². The van der Waals surface area contributed by atoms with Crippen LogP contribution in [0.5, 0.6) is 0 Å². The van der Waals surface area contributed by atoms with Crippen LogP contribution in [0, 0.1) is 12.8 Å². The molecule has 0 atom stereocenters. The quantitative estimate of drug-likeness (QED) is 0.454. The summed E-state index contributed by atoms with van der Waals surface area (Å²) in [6, 6.07) is 7.02. The van der Waals surface area contributed by atoms with E-state index in [0.717, 1.165) is 28.8 Å². The van der Waals surface area contributed by atoms with E-state index in [9.17, 15) is 14.4 Å². The van der Waals surface area contributed by atoms with E-state index in [1.165, 1.54) is 11.8 Å². The molecule has 152 valence electrons. The number of hydrogen-bond donors (Lipinski definition) is 2. The van der Waals surface area contributed by atoms with Crippen molar-refractivity contribution in [1.29, 1.82) is 0 Å². The first-order valence-corrected chi connectivity index (χ1v) is 10.7. The summed E-state index contributed by atoms with van der Waals surface area (Å²) < 4.78 is 0. The van der Waals surface area contributed by atoms with E-state index in [1.807, 2.05) is 24.3 Å². The Hall–Kier alpha value is -2.68. The van der Waals surface area contributed by atoms with Gasteiger partial charge in [0, 0.05) is 5.39 Å². The first-order valence-electron chi connectivity index (χ1n) is 9.70. The Bertz CT molecular complexity index is 987. The molecule has 1 saturated carbocycles. The molecule has 4 amide bonds. The number of amides is 4. The van der Waals surface area contributed by atoms with Crippen LogP contribution < -0.4 is 10.7 Å². The Balaban J connectivity index is 1.42. The van der Waals surface area contributed by atoms with Crippen LogP contribution in [0.3, 0.4) is 0 Å². The predicted octanol–water partition coefficient (Wildman–Crippen LogP) is 2.56. The summed E-state index contributed by atoms with van der Waals surface area (Å²) in [5.74, 6) is 0.392. The number of para-hydroxylation sites is 1. The van der Waals surface area contributed by atoms with Crippen molar-refractivity contribution in [2.24, 2.45) is 5.92 Å². The maximum Gasteiger partial charge on any atom is 0.344 e. The van der Waals surface area contributed by atoms with Crippen molar-refractivity contribution in [2.45, 2.75) is 50.1 Å². The number of hydrogen-bond acceptors (Lipinski definition) is 6. The van der Waals surface area contributed by atoms with E-state index in [4.69, 9.17) is 0 Å². The number of aromatic nitrogens is 2. The molecule has 0 unspecified atom stereocenters. The Morgan fingerprint density at radius 1 is 1.28 bits per heavy atom. The van der Waals surface area contributed by atoms with Gasteiger partial charge < -0.3 is 5.32 Å². The van der Waals surface area contributed by atoms with Crippen LogP contribution >= 0.6 is 11.8 Å². The third-order valence-corrected chi connectivity index (χ3v) is 6.54. The second-order valence-electron chi connectivity index (χ2n) is 7.75. The van der Waals surface area contributed by atoms with Crippen LogP contribution in [0.15, 0.2) is 29.3 Å². The monoisotopic (exact) mass is 413 g/mol. The van der Waals surface area contributed by atoms with Crippen LogP contribution in [0.4, 0.5) is 4.79 Å². The summed E-state index contributed by atoms with van der Waals surface area (Å²) in [4.78, 5) is 46.4. The van der Waals surface area contributed by atoms with E-state index < -0.39 is 17.5 Å². The minimum atomic E-state index is -0.871. The second-order valence-corrected chi connectivity index (χ2v) is 8.72. The van der Waals surface area contributed by atoms with E-state index >= 15 is 0 Å². The normalized spacial score (nSPS) is 24.2. The number of thioether (sulfide) groups is 1. The molecular formula is C20H23N5O3S. The zero-order valence-electron chi connectivity index (χ0n) is 16.4. The van der Waals surface area contributed by atoms with Crippen molar-refractivity contribution in [3.63, 3.8) is 0 Å². The Kier molecular flexibility index (Phi) is 5.16. The molecule has 8 nitrogen and oxygen atoms in total. The lowest BCUT2D eigenvalue weighted by Gasteiger charge is -2.33. The first kappa shape index (κ1) is 19.6. The molecule has 9 heteroatoms. The van der Waals surface area contributed by atoms with Crippen molar-refractivity contribution >= 4 is 40.5 Å². The third-order valence-electron chi connectivity index (χ3n) is 5.55. The number of fused-ring (bicyclic) bond motifs is 1. The second kappa shape index (κ2) is 7.62. The van der Waals surface area contributed by atoms with Gasteiger partial charge in [-0.15, -0.1) is 0 Å². The highest BCUT2D eigenvalue weighted by Gasteiger charge is 2.52. The van der Waals surface area contributed by atoms with Crippen LogP contribution in [0.2, 0.25) is 0 Å². The number of nitrogens with zero attached hydrogens (tertiary/aromatic N) is 3. The molecule has 1 aromatic heterocycles. The number of carbonyl (C=O) groups is 3. The topological polar surface area (TPSA) is 104 Å². The van der Waals surface area contributed by atoms with E-state index in [0.29, 0.717) is 29.6 Å². The van der Waals surface area contributed by atoms with Crippen LogP contribution in [-0.2, 0) is 9.59 Å². The molecule has 1 saturated heterocycles. The van der Waals surface area contributed by atoms with Gasteiger partial charge in [-0.3, -0.25) is 15.0 Å². The number of urea groups is 1. The van der Waals surface area contributed by atoms with Crippen molar-refractivity contribution < 1.29 is 14.4 Å². The van der Waals surface area contributed by atoms with Crippen molar-refractivity contribution in [3.8, 4) is 0 Å². The molecule has 2 heterocycles. The molecule has 2 N–H and O–H groups in total. The fourth-order valence-electron chi connectivity index (χ4n) is 3.88. The molecule has 4 rings (SSSR count). The Morgan fingerprint density at radius 3 is 2.76 bits per heavy atom. The zero-order valence-corrected chi connectivity index (χ0v) is 17.2. The summed E-state index contributed by atoms with van der Waals surface area (Å²) in [5.41, 5.74) is 2.40. The molecule has 29 heavy (non-hydrogen) atoms. The van der Waals surface area contributed by atoms with Crippen molar-refractivity contribution in [3.05, 3.63) is 30.1 Å². The lowest BCUT2D eigenvalue weighted by molar-refractivity contribution is -0.139. The fourth-order valence-corrected chi connectivity index (χ4v) is 4.73. The predicted molar refractivity (Wildman–Crippen MR) is 109 cm³/mol. The van der Waals surface area contributed by atoms with Crippen LogP contribution in [0.1, 0.15) is 38.4 Å². The highest BCUT2D eigenvalue weighted by molar-refractivity contribution is 8.00. The van der Waals surface area contributed by atoms with E-state index in [-0.39, 0.29) is 11.7 Å². The maximum absolute atomic E-state index is 12.8. The number of rotatable bonds is 4. The van der Waals surface area contributed by atoms with Gasteiger partial charge in [-0.05, 0) is 44.6 Å². The van der Waals surface area contributed by atoms with Crippen LogP contribution in [0.25, 0.3) is 10.9 Å². The van der Waals surface area contributed by atoms with Crippen molar-refractivity contribution in [1.82, 2.24) is 25.7 Å².